The molecule has 0 atom stereocenters. The molecule has 0 aliphatic heterocycles. The van der Waals surface area contributed by atoms with Gasteiger partial charge in [-0.15, -0.1) is 0 Å². The number of furan rings is 1. The number of rotatable bonds is 2. The predicted octanol–water partition coefficient (Wildman–Crippen LogP) is 1.67. The topological polar surface area (TPSA) is 78.1 Å². The van der Waals surface area contributed by atoms with Crippen LogP contribution in [0.15, 0.2) is 27.5 Å². The van der Waals surface area contributed by atoms with Crippen molar-refractivity contribution in [2.45, 2.75) is 24.8 Å². The van der Waals surface area contributed by atoms with Crippen LogP contribution in [0.4, 0.5) is 0 Å². The van der Waals surface area contributed by atoms with Crippen molar-refractivity contribution in [1.29, 1.82) is 0 Å². The van der Waals surface area contributed by atoms with Crippen LogP contribution in [-0.2, 0) is 5.54 Å². The van der Waals surface area contributed by atoms with Gasteiger partial charge in [0, 0.05) is 0 Å². The summed E-state index contributed by atoms with van der Waals surface area (Å²) in [4.78, 5) is 4.28. The van der Waals surface area contributed by atoms with Gasteiger partial charge < -0.3 is 14.7 Å². The Bertz CT molecular complexity index is 457. The lowest BCUT2D eigenvalue weighted by molar-refractivity contribution is 0.181. The standard InChI is InChI=1S/C10H11N3O2/c11-10(3-1-4-10)9-12-8(13-15-9)7-2-5-14-6-7/h2,5-6H,1,3-4,11H2. The molecule has 2 N–H and O–H groups in total. The van der Waals surface area contributed by atoms with Gasteiger partial charge >= 0.3 is 0 Å². The second-order valence-corrected chi connectivity index (χ2v) is 3.94. The van der Waals surface area contributed by atoms with E-state index in [0.717, 1.165) is 24.8 Å². The van der Waals surface area contributed by atoms with Gasteiger partial charge in [0.15, 0.2) is 0 Å². The SMILES string of the molecule is NC1(c2nc(-c3ccoc3)no2)CCC1. The van der Waals surface area contributed by atoms with Gasteiger partial charge in [-0.3, -0.25) is 0 Å². The van der Waals surface area contributed by atoms with Crippen molar-refractivity contribution in [2.24, 2.45) is 5.73 Å². The van der Waals surface area contributed by atoms with Crippen LogP contribution in [0.2, 0.25) is 0 Å². The fourth-order valence-corrected chi connectivity index (χ4v) is 1.71. The molecular formula is C10H11N3O2. The maximum atomic E-state index is 6.07. The number of nitrogens with two attached hydrogens (primary N) is 1. The van der Waals surface area contributed by atoms with Crippen molar-refractivity contribution in [2.75, 3.05) is 0 Å². The Kier molecular flexibility index (Phi) is 1.70. The minimum absolute atomic E-state index is 0.394. The highest BCUT2D eigenvalue weighted by Crippen LogP contribution is 2.38. The molecule has 78 valence electrons. The summed E-state index contributed by atoms with van der Waals surface area (Å²) in [5.74, 6) is 1.07. The molecule has 1 aliphatic rings. The molecule has 5 nitrogen and oxygen atoms in total. The lowest BCUT2D eigenvalue weighted by Gasteiger charge is -2.33. The molecule has 0 radical (unpaired) electrons. The van der Waals surface area contributed by atoms with Crippen LogP contribution in [0.3, 0.4) is 0 Å². The third-order valence-electron chi connectivity index (χ3n) is 2.88. The van der Waals surface area contributed by atoms with Gasteiger partial charge in [-0.25, -0.2) is 0 Å². The monoisotopic (exact) mass is 205 g/mol. The highest BCUT2D eigenvalue weighted by atomic mass is 16.5. The molecule has 2 aromatic rings. The lowest BCUT2D eigenvalue weighted by Crippen LogP contribution is -2.43. The Morgan fingerprint density at radius 1 is 1.40 bits per heavy atom. The Balaban J connectivity index is 1.94. The second-order valence-electron chi connectivity index (χ2n) is 3.94. The van der Waals surface area contributed by atoms with Crippen molar-refractivity contribution in [1.82, 2.24) is 10.1 Å². The van der Waals surface area contributed by atoms with Gasteiger partial charge in [0.2, 0.25) is 11.7 Å². The van der Waals surface area contributed by atoms with Crippen LogP contribution >= 0.6 is 0 Å². The van der Waals surface area contributed by atoms with Gasteiger partial charge in [0.25, 0.3) is 0 Å². The van der Waals surface area contributed by atoms with Crippen LogP contribution in [0.1, 0.15) is 25.2 Å². The molecule has 2 heterocycles. The zero-order valence-corrected chi connectivity index (χ0v) is 8.14. The number of hydrogen-bond acceptors (Lipinski definition) is 5. The first-order valence-corrected chi connectivity index (χ1v) is 4.94. The molecule has 1 saturated carbocycles. The maximum Gasteiger partial charge on any atom is 0.247 e. The third-order valence-corrected chi connectivity index (χ3v) is 2.88. The first-order chi connectivity index (χ1) is 7.28. The largest absolute Gasteiger partial charge is 0.472 e. The summed E-state index contributed by atoms with van der Waals surface area (Å²) in [7, 11) is 0. The van der Waals surface area contributed by atoms with E-state index in [1.165, 1.54) is 0 Å². The molecule has 15 heavy (non-hydrogen) atoms. The average molecular weight is 205 g/mol. The average Bonchev–Trinajstić information content (AvgIpc) is 2.84. The molecule has 1 aliphatic carbocycles. The molecule has 2 aromatic heterocycles. The summed E-state index contributed by atoms with van der Waals surface area (Å²) < 4.78 is 10.1. The summed E-state index contributed by atoms with van der Waals surface area (Å²) in [6.45, 7) is 0. The van der Waals surface area contributed by atoms with Crippen molar-refractivity contribution in [3.63, 3.8) is 0 Å². The number of hydrogen-bond donors (Lipinski definition) is 1. The van der Waals surface area contributed by atoms with E-state index < -0.39 is 5.54 Å². The fourth-order valence-electron chi connectivity index (χ4n) is 1.71. The van der Waals surface area contributed by atoms with Crippen LogP contribution in [0.25, 0.3) is 11.4 Å². The van der Waals surface area contributed by atoms with Gasteiger partial charge in [-0.05, 0) is 25.3 Å². The number of aromatic nitrogens is 2. The summed E-state index contributed by atoms with van der Waals surface area (Å²) in [5, 5.41) is 3.88. The van der Waals surface area contributed by atoms with E-state index in [0.29, 0.717) is 11.7 Å². The van der Waals surface area contributed by atoms with E-state index in [9.17, 15) is 0 Å². The quantitative estimate of drug-likeness (QED) is 0.806. The summed E-state index contributed by atoms with van der Waals surface area (Å²) in [5.41, 5.74) is 6.49. The Morgan fingerprint density at radius 3 is 2.87 bits per heavy atom. The minimum atomic E-state index is -0.394. The molecule has 0 saturated heterocycles. The zero-order valence-electron chi connectivity index (χ0n) is 8.14. The van der Waals surface area contributed by atoms with E-state index >= 15 is 0 Å². The van der Waals surface area contributed by atoms with Gasteiger partial charge in [-0.1, -0.05) is 5.16 Å². The minimum Gasteiger partial charge on any atom is -0.472 e. The van der Waals surface area contributed by atoms with Crippen LogP contribution < -0.4 is 5.73 Å². The van der Waals surface area contributed by atoms with Crippen molar-refractivity contribution < 1.29 is 8.94 Å². The van der Waals surface area contributed by atoms with Gasteiger partial charge in [0.1, 0.15) is 6.26 Å². The molecule has 0 aromatic carbocycles. The van der Waals surface area contributed by atoms with Crippen LogP contribution in [-0.4, -0.2) is 10.1 Å². The Morgan fingerprint density at radius 2 is 2.27 bits per heavy atom. The predicted molar refractivity (Wildman–Crippen MR) is 51.7 cm³/mol. The first kappa shape index (κ1) is 8.67. The third kappa shape index (κ3) is 1.27. The summed E-state index contributed by atoms with van der Waals surface area (Å²) in [6, 6.07) is 1.79. The Hall–Kier alpha value is -1.62. The maximum absolute atomic E-state index is 6.07. The molecule has 3 rings (SSSR count). The van der Waals surface area contributed by atoms with E-state index in [1.54, 1.807) is 18.6 Å². The number of nitrogens with zero attached hydrogens (tertiary/aromatic N) is 2. The molecule has 5 heteroatoms. The van der Waals surface area contributed by atoms with Gasteiger partial charge in [-0.2, -0.15) is 4.98 Å². The van der Waals surface area contributed by atoms with Crippen molar-refractivity contribution in [3.05, 3.63) is 24.5 Å². The molecule has 0 unspecified atom stereocenters. The lowest BCUT2D eigenvalue weighted by atomic mass is 9.78. The zero-order chi connectivity index (χ0) is 10.3. The van der Waals surface area contributed by atoms with Crippen LogP contribution in [0.5, 0.6) is 0 Å². The Labute approximate surface area is 86.3 Å². The van der Waals surface area contributed by atoms with Crippen molar-refractivity contribution in [3.8, 4) is 11.4 Å². The van der Waals surface area contributed by atoms with Gasteiger partial charge in [0.05, 0.1) is 17.4 Å². The van der Waals surface area contributed by atoms with E-state index in [4.69, 9.17) is 14.7 Å². The first-order valence-electron chi connectivity index (χ1n) is 4.94. The smallest absolute Gasteiger partial charge is 0.247 e. The normalized spacial score (nSPS) is 18.7. The van der Waals surface area contributed by atoms with E-state index in [2.05, 4.69) is 10.1 Å². The van der Waals surface area contributed by atoms with E-state index in [-0.39, 0.29) is 0 Å². The second kappa shape index (κ2) is 2.93. The summed E-state index contributed by atoms with van der Waals surface area (Å²) in [6.07, 6.45) is 6.12. The van der Waals surface area contributed by atoms with Crippen molar-refractivity contribution >= 4 is 0 Å². The highest BCUT2D eigenvalue weighted by Gasteiger charge is 2.39. The molecule has 0 amide bonds. The fraction of sp³-hybridized carbons (Fsp3) is 0.400. The molecule has 0 spiro atoms. The molecule has 1 fully saturated rings. The van der Waals surface area contributed by atoms with Crippen LogP contribution in [0, 0.1) is 0 Å². The summed E-state index contributed by atoms with van der Waals surface area (Å²) >= 11 is 0. The van der Waals surface area contributed by atoms with E-state index in [1.807, 2.05) is 0 Å². The highest BCUT2D eigenvalue weighted by molar-refractivity contribution is 5.51. The molecular weight excluding hydrogens is 194 g/mol. The molecule has 0 bridgehead atoms.